The van der Waals surface area contributed by atoms with Crippen molar-refractivity contribution in [1.29, 1.82) is 0 Å². The van der Waals surface area contributed by atoms with Gasteiger partial charge in [-0.25, -0.2) is 13.4 Å². The Morgan fingerprint density at radius 3 is 2.59 bits per heavy atom. The number of hydrogen-bond acceptors (Lipinski definition) is 4. The summed E-state index contributed by atoms with van der Waals surface area (Å²) in [5.74, 6) is -0.339. The molecule has 0 radical (unpaired) electrons. The van der Waals surface area contributed by atoms with E-state index in [-0.39, 0.29) is 18.2 Å². The van der Waals surface area contributed by atoms with Crippen LogP contribution in [0.25, 0.3) is 0 Å². The number of pyridine rings is 1. The highest BCUT2D eigenvalue weighted by Crippen LogP contribution is 2.07. The van der Waals surface area contributed by atoms with Crippen molar-refractivity contribution in [3.63, 3.8) is 0 Å². The number of aromatic nitrogens is 1. The quantitative estimate of drug-likeness (QED) is 0.765. The Hall–Kier alpha value is -1.14. The van der Waals surface area contributed by atoms with Crippen LogP contribution in [0.5, 0.6) is 0 Å². The highest BCUT2D eigenvalue weighted by Gasteiger charge is 2.13. The number of hydrogen-bond donors (Lipinski definition) is 0. The van der Waals surface area contributed by atoms with Crippen molar-refractivity contribution in [1.82, 2.24) is 9.88 Å². The molecule has 1 aromatic rings. The van der Waals surface area contributed by atoms with Crippen LogP contribution in [0.3, 0.4) is 0 Å². The van der Waals surface area contributed by atoms with Crippen LogP contribution in [0.4, 0.5) is 0 Å². The summed E-state index contributed by atoms with van der Waals surface area (Å²) in [6.07, 6.45) is 2.50. The summed E-state index contributed by atoms with van der Waals surface area (Å²) < 4.78 is 21.9. The smallest absolute Gasteiger partial charge is 0.255 e. The average Bonchev–Trinajstić information content (AvgIpc) is 2.25. The van der Waals surface area contributed by atoms with Gasteiger partial charge in [-0.2, -0.15) is 0 Å². The fourth-order valence-corrected chi connectivity index (χ4v) is 1.84. The van der Waals surface area contributed by atoms with Crippen LogP contribution in [0.1, 0.15) is 10.4 Å². The summed E-state index contributed by atoms with van der Waals surface area (Å²) in [5.41, 5.74) is 0.380. The molecule has 0 bridgehead atoms. The van der Waals surface area contributed by atoms with Crippen LogP contribution < -0.4 is 0 Å². The molecule has 0 saturated carbocycles. The lowest BCUT2D eigenvalue weighted by Crippen LogP contribution is -2.31. The standard InChI is InChI=1S/C10H13ClN2O3S/c1-13(5-6-17(2,15)16)10(14)8-3-4-9(11)12-7-8/h3-4,7H,5-6H2,1-2H3. The first-order valence-electron chi connectivity index (χ1n) is 4.84. The fourth-order valence-electron chi connectivity index (χ4n) is 1.13. The lowest BCUT2D eigenvalue weighted by atomic mass is 10.2. The minimum Gasteiger partial charge on any atom is -0.341 e. The maximum Gasteiger partial charge on any atom is 0.255 e. The molecule has 94 valence electrons. The van der Waals surface area contributed by atoms with Gasteiger partial charge in [0.25, 0.3) is 5.91 Å². The first-order chi connectivity index (χ1) is 7.79. The third-order valence-electron chi connectivity index (χ3n) is 2.12. The van der Waals surface area contributed by atoms with Gasteiger partial charge in [0.1, 0.15) is 15.0 Å². The van der Waals surface area contributed by atoms with Crippen LogP contribution in [0, 0.1) is 0 Å². The van der Waals surface area contributed by atoms with E-state index in [1.807, 2.05) is 0 Å². The van der Waals surface area contributed by atoms with Gasteiger partial charge in [-0.1, -0.05) is 11.6 Å². The van der Waals surface area contributed by atoms with Gasteiger partial charge in [-0.3, -0.25) is 4.79 Å². The van der Waals surface area contributed by atoms with Crippen LogP contribution in [0.15, 0.2) is 18.3 Å². The number of nitrogens with zero attached hydrogens (tertiary/aromatic N) is 2. The molecular formula is C10H13ClN2O3S. The topological polar surface area (TPSA) is 67.3 Å². The van der Waals surface area contributed by atoms with Crippen molar-refractivity contribution < 1.29 is 13.2 Å². The Labute approximate surface area is 105 Å². The van der Waals surface area contributed by atoms with Gasteiger partial charge in [0.2, 0.25) is 0 Å². The van der Waals surface area contributed by atoms with Crippen molar-refractivity contribution in [2.75, 3.05) is 25.6 Å². The summed E-state index contributed by atoms with van der Waals surface area (Å²) in [7, 11) is -1.53. The Kier molecular flexibility index (Phi) is 4.47. The van der Waals surface area contributed by atoms with Crippen molar-refractivity contribution >= 4 is 27.3 Å². The predicted octanol–water partition coefficient (Wildman–Crippen LogP) is 0.852. The first kappa shape index (κ1) is 13.9. The summed E-state index contributed by atoms with van der Waals surface area (Å²) in [6.45, 7) is 0.153. The summed E-state index contributed by atoms with van der Waals surface area (Å²) >= 11 is 5.60. The summed E-state index contributed by atoms with van der Waals surface area (Å²) in [4.78, 5) is 17.0. The van der Waals surface area contributed by atoms with Gasteiger partial charge < -0.3 is 4.90 Å². The van der Waals surface area contributed by atoms with Gasteiger partial charge in [-0.05, 0) is 12.1 Å². The van der Waals surface area contributed by atoms with Crippen molar-refractivity contribution in [3.05, 3.63) is 29.0 Å². The predicted molar refractivity (Wildman–Crippen MR) is 65.9 cm³/mol. The van der Waals surface area contributed by atoms with Crippen LogP contribution in [-0.4, -0.2) is 49.8 Å². The zero-order valence-electron chi connectivity index (χ0n) is 9.55. The van der Waals surface area contributed by atoms with Gasteiger partial charge in [0.15, 0.2) is 0 Å². The molecule has 1 amide bonds. The van der Waals surface area contributed by atoms with Crippen LogP contribution in [-0.2, 0) is 9.84 Å². The second kappa shape index (κ2) is 5.46. The van der Waals surface area contributed by atoms with E-state index in [0.717, 1.165) is 6.26 Å². The normalized spacial score (nSPS) is 11.2. The third kappa shape index (κ3) is 4.70. The molecule has 0 saturated heterocycles. The van der Waals surface area contributed by atoms with E-state index in [4.69, 9.17) is 11.6 Å². The van der Waals surface area contributed by atoms with E-state index in [9.17, 15) is 13.2 Å². The second-order valence-electron chi connectivity index (χ2n) is 3.73. The van der Waals surface area contributed by atoms with Crippen molar-refractivity contribution in [2.24, 2.45) is 0 Å². The van der Waals surface area contributed by atoms with Crippen LogP contribution >= 0.6 is 11.6 Å². The van der Waals surface area contributed by atoms with E-state index in [1.165, 1.54) is 17.2 Å². The lowest BCUT2D eigenvalue weighted by molar-refractivity contribution is 0.0803. The fraction of sp³-hybridized carbons (Fsp3) is 0.400. The van der Waals surface area contributed by atoms with E-state index >= 15 is 0 Å². The highest BCUT2D eigenvalue weighted by atomic mass is 35.5. The maximum absolute atomic E-state index is 11.8. The molecule has 0 fully saturated rings. The molecule has 1 heterocycles. The SMILES string of the molecule is CN(CCS(C)(=O)=O)C(=O)c1ccc(Cl)nc1. The molecular weight excluding hydrogens is 264 g/mol. The number of halogens is 1. The molecule has 0 atom stereocenters. The Morgan fingerprint density at radius 1 is 1.47 bits per heavy atom. The molecule has 0 unspecified atom stereocenters. The summed E-state index contributed by atoms with van der Waals surface area (Å²) in [6, 6.07) is 3.06. The third-order valence-corrected chi connectivity index (χ3v) is 3.27. The monoisotopic (exact) mass is 276 g/mol. The number of carbonyl (C=O) groups is 1. The van der Waals surface area contributed by atoms with Gasteiger partial charge in [0, 0.05) is 26.0 Å². The Morgan fingerprint density at radius 2 is 2.12 bits per heavy atom. The van der Waals surface area contributed by atoms with E-state index in [0.29, 0.717) is 10.7 Å². The largest absolute Gasteiger partial charge is 0.341 e. The van der Waals surface area contributed by atoms with Crippen molar-refractivity contribution in [2.45, 2.75) is 0 Å². The van der Waals surface area contributed by atoms with Gasteiger partial charge in [-0.15, -0.1) is 0 Å². The highest BCUT2D eigenvalue weighted by molar-refractivity contribution is 7.90. The lowest BCUT2D eigenvalue weighted by Gasteiger charge is -2.16. The van der Waals surface area contributed by atoms with E-state index in [2.05, 4.69) is 4.98 Å². The molecule has 5 nitrogen and oxygen atoms in total. The Bertz CT molecular complexity index is 499. The molecule has 7 heteroatoms. The maximum atomic E-state index is 11.8. The number of rotatable bonds is 4. The molecule has 1 aromatic heterocycles. The summed E-state index contributed by atoms with van der Waals surface area (Å²) in [5, 5.41) is 0.306. The van der Waals surface area contributed by atoms with Gasteiger partial charge in [0.05, 0.1) is 11.3 Å². The zero-order valence-corrected chi connectivity index (χ0v) is 11.1. The number of amides is 1. The number of sulfone groups is 1. The zero-order chi connectivity index (χ0) is 13.1. The minimum absolute atomic E-state index is 0.0593. The molecule has 0 aromatic carbocycles. The number of carbonyl (C=O) groups excluding carboxylic acids is 1. The molecule has 17 heavy (non-hydrogen) atoms. The average molecular weight is 277 g/mol. The van der Waals surface area contributed by atoms with E-state index < -0.39 is 9.84 Å². The van der Waals surface area contributed by atoms with Crippen LogP contribution in [0.2, 0.25) is 5.15 Å². The molecule has 1 rings (SSSR count). The van der Waals surface area contributed by atoms with Gasteiger partial charge >= 0.3 is 0 Å². The molecule has 0 N–H and O–H groups in total. The molecule has 0 aliphatic heterocycles. The van der Waals surface area contributed by atoms with Crippen molar-refractivity contribution in [3.8, 4) is 0 Å². The first-order valence-corrected chi connectivity index (χ1v) is 7.28. The second-order valence-corrected chi connectivity index (χ2v) is 6.37. The molecule has 0 aliphatic rings. The Balaban J connectivity index is 2.67. The van der Waals surface area contributed by atoms with E-state index in [1.54, 1.807) is 13.1 Å². The minimum atomic E-state index is -3.07. The molecule has 0 aliphatic carbocycles. The molecule has 0 spiro atoms.